The number of aliphatic hydroxyl groups is 1. The number of alkyl halides is 3. The molecule has 0 spiro atoms. The van der Waals surface area contributed by atoms with Crippen molar-refractivity contribution >= 4 is 24.0 Å². The standard InChI is InChI=1S/C12H14ClF4NO.ClH/c1-2-3-8(19)11(18)9-6(12(15,16)17)4-5-7(13)10(9)14;/h4-5,8,11,19H,2-3,18H2,1H3;1H/t8-,11-;/m0./s1. The Morgan fingerprint density at radius 3 is 2.35 bits per heavy atom. The molecule has 0 unspecified atom stereocenters. The Hall–Kier alpha value is -0.560. The number of benzene rings is 1. The lowest BCUT2D eigenvalue weighted by atomic mass is 9.94. The largest absolute Gasteiger partial charge is 0.416 e. The van der Waals surface area contributed by atoms with E-state index in [4.69, 9.17) is 17.3 Å². The molecule has 0 aliphatic rings. The molecule has 1 rings (SSSR count). The van der Waals surface area contributed by atoms with E-state index >= 15 is 0 Å². The lowest BCUT2D eigenvalue weighted by molar-refractivity contribution is -0.138. The second kappa shape index (κ2) is 7.45. The first-order valence-electron chi connectivity index (χ1n) is 5.68. The first-order chi connectivity index (χ1) is 8.70. The van der Waals surface area contributed by atoms with Crippen LogP contribution >= 0.6 is 24.0 Å². The van der Waals surface area contributed by atoms with Crippen molar-refractivity contribution in [2.75, 3.05) is 0 Å². The Balaban J connectivity index is 0.00000361. The molecule has 1 aromatic carbocycles. The summed E-state index contributed by atoms with van der Waals surface area (Å²) >= 11 is 5.48. The summed E-state index contributed by atoms with van der Waals surface area (Å²) in [4.78, 5) is 0. The van der Waals surface area contributed by atoms with Crippen LogP contribution in [0.4, 0.5) is 17.6 Å². The van der Waals surface area contributed by atoms with Crippen molar-refractivity contribution in [3.05, 3.63) is 34.1 Å². The summed E-state index contributed by atoms with van der Waals surface area (Å²) in [5.74, 6) is -1.24. The Bertz CT molecular complexity index is 454. The van der Waals surface area contributed by atoms with Crippen molar-refractivity contribution in [1.82, 2.24) is 0 Å². The predicted octanol–water partition coefficient (Wildman–Crippen LogP) is 4.08. The molecular formula is C12H15Cl2F4NO. The van der Waals surface area contributed by atoms with E-state index in [1.165, 1.54) is 0 Å². The molecule has 1 aromatic rings. The topological polar surface area (TPSA) is 46.2 Å². The third kappa shape index (κ3) is 4.22. The van der Waals surface area contributed by atoms with Gasteiger partial charge in [0, 0.05) is 5.56 Å². The van der Waals surface area contributed by atoms with E-state index in [2.05, 4.69) is 0 Å². The summed E-state index contributed by atoms with van der Waals surface area (Å²) < 4.78 is 52.3. The van der Waals surface area contributed by atoms with Gasteiger partial charge in [-0.2, -0.15) is 13.2 Å². The Morgan fingerprint density at radius 1 is 1.35 bits per heavy atom. The molecule has 2 atom stereocenters. The van der Waals surface area contributed by atoms with Crippen molar-refractivity contribution in [3.63, 3.8) is 0 Å². The zero-order valence-electron chi connectivity index (χ0n) is 10.5. The molecule has 0 aliphatic heterocycles. The molecule has 0 aromatic heterocycles. The molecule has 0 aliphatic carbocycles. The molecule has 0 radical (unpaired) electrons. The normalized spacial score (nSPS) is 14.6. The molecule has 3 N–H and O–H groups in total. The van der Waals surface area contributed by atoms with Gasteiger partial charge in [-0.05, 0) is 18.6 Å². The van der Waals surface area contributed by atoms with Crippen molar-refractivity contribution in [1.29, 1.82) is 0 Å². The fourth-order valence-electron chi connectivity index (χ4n) is 1.81. The zero-order chi connectivity index (χ0) is 14.8. The average molecular weight is 336 g/mol. The van der Waals surface area contributed by atoms with Gasteiger partial charge in [0.1, 0.15) is 5.82 Å². The highest BCUT2D eigenvalue weighted by atomic mass is 35.5. The summed E-state index contributed by atoms with van der Waals surface area (Å²) in [6.07, 6.45) is -5.34. The van der Waals surface area contributed by atoms with Gasteiger partial charge in [0.05, 0.1) is 22.7 Å². The molecule has 0 fully saturated rings. The van der Waals surface area contributed by atoms with Gasteiger partial charge >= 0.3 is 6.18 Å². The predicted molar refractivity (Wildman–Crippen MR) is 71.5 cm³/mol. The van der Waals surface area contributed by atoms with Gasteiger partial charge in [0.25, 0.3) is 0 Å². The monoisotopic (exact) mass is 335 g/mol. The van der Waals surface area contributed by atoms with Crippen LogP contribution in [0.5, 0.6) is 0 Å². The van der Waals surface area contributed by atoms with E-state index in [9.17, 15) is 22.7 Å². The van der Waals surface area contributed by atoms with Crippen LogP contribution in [-0.2, 0) is 6.18 Å². The SMILES string of the molecule is CCC[C@H](O)[C@H](N)c1c(C(F)(F)F)ccc(Cl)c1F.Cl. The van der Waals surface area contributed by atoms with Gasteiger partial charge in [0.2, 0.25) is 0 Å². The van der Waals surface area contributed by atoms with Crippen LogP contribution in [0.2, 0.25) is 5.02 Å². The van der Waals surface area contributed by atoms with Gasteiger partial charge in [-0.25, -0.2) is 4.39 Å². The molecular weight excluding hydrogens is 321 g/mol. The van der Waals surface area contributed by atoms with Crippen LogP contribution in [0.15, 0.2) is 12.1 Å². The fourth-order valence-corrected chi connectivity index (χ4v) is 1.97. The molecule has 0 heterocycles. The molecule has 2 nitrogen and oxygen atoms in total. The summed E-state index contributed by atoms with van der Waals surface area (Å²) in [6.45, 7) is 1.73. The third-order valence-electron chi connectivity index (χ3n) is 2.77. The van der Waals surface area contributed by atoms with Gasteiger partial charge in [-0.15, -0.1) is 12.4 Å². The van der Waals surface area contributed by atoms with Crippen molar-refractivity contribution < 1.29 is 22.7 Å². The third-order valence-corrected chi connectivity index (χ3v) is 3.06. The van der Waals surface area contributed by atoms with Crippen LogP contribution in [0.25, 0.3) is 0 Å². The first-order valence-corrected chi connectivity index (χ1v) is 6.06. The van der Waals surface area contributed by atoms with Crippen molar-refractivity contribution in [2.24, 2.45) is 5.73 Å². The molecule has 0 saturated carbocycles. The average Bonchev–Trinajstić information content (AvgIpc) is 2.30. The van der Waals surface area contributed by atoms with Gasteiger partial charge < -0.3 is 10.8 Å². The molecule has 0 saturated heterocycles. The maximum absolute atomic E-state index is 13.8. The smallest absolute Gasteiger partial charge is 0.391 e. The van der Waals surface area contributed by atoms with E-state index in [1.54, 1.807) is 6.92 Å². The van der Waals surface area contributed by atoms with Crippen LogP contribution in [-0.4, -0.2) is 11.2 Å². The van der Waals surface area contributed by atoms with E-state index in [1.807, 2.05) is 0 Å². The van der Waals surface area contributed by atoms with Crippen molar-refractivity contribution in [3.8, 4) is 0 Å². The van der Waals surface area contributed by atoms with E-state index in [-0.39, 0.29) is 18.8 Å². The number of halogens is 6. The highest BCUT2D eigenvalue weighted by molar-refractivity contribution is 6.30. The summed E-state index contributed by atoms with van der Waals surface area (Å²) in [5.41, 5.74) is 3.54. The minimum absolute atomic E-state index is 0. The number of aliphatic hydroxyl groups excluding tert-OH is 1. The summed E-state index contributed by atoms with van der Waals surface area (Å²) in [6, 6.07) is 0.0109. The summed E-state index contributed by atoms with van der Waals surface area (Å²) in [7, 11) is 0. The second-order valence-corrected chi connectivity index (χ2v) is 4.61. The highest BCUT2D eigenvalue weighted by Gasteiger charge is 2.38. The maximum Gasteiger partial charge on any atom is 0.416 e. The molecule has 0 amide bonds. The van der Waals surface area contributed by atoms with Gasteiger partial charge in [0.15, 0.2) is 0 Å². The fraction of sp³-hybridized carbons (Fsp3) is 0.500. The lowest BCUT2D eigenvalue weighted by Crippen LogP contribution is -2.29. The van der Waals surface area contributed by atoms with E-state index in [0.29, 0.717) is 12.5 Å². The molecule has 20 heavy (non-hydrogen) atoms. The Labute approximate surface area is 125 Å². The minimum atomic E-state index is -4.76. The van der Waals surface area contributed by atoms with Crippen molar-refractivity contribution in [2.45, 2.75) is 38.1 Å². The Kier molecular flexibility index (Phi) is 7.24. The lowest BCUT2D eigenvalue weighted by Gasteiger charge is -2.23. The number of rotatable bonds is 4. The zero-order valence-corrected chi connectivity index (χ0v) is 12.1. The van der Waals surface area contributed by atoms with Crippen LogP contribution in [0.1, 0.15) is 36.9 Å². The first kappa shape index (κ1) is 19.4. The molecule has 0 bridgehead atoms. The number of nitrogens with two attached hydrogens (primary N) is 1. The van der Waals surface area contributed by atoms with E-state index in [0.717, 1.165) is 6.07 Å². The molecule has 8 heteroatoms. The van der Waals surface area contributed by atoms with Gasteiger partial charge in [-0.3, -0.25) is 0 Å². The second-order valence-electron chi connectivity index (χ2n) is 4.20. The minimum Gasteiger partial charge on any atom is -0.391 e. The Morgan fingerprint density at radius 2 is 1.90 bits per heavy atom. The van der Waals surface area contributed by atoms with Gasteiger partial charge in [-0.1, -0.05) is 24.9 Å². The summed E-state index contributed by atoms with van der Waals surface area (Å²) in [5, 5.41) is 9.22. The van der Waals surface area contributed by atoms with E-state index < -0.39 is 40.3 Å². The number of hydrogen-bond acceptors (Lipinski definition) is 2. The quantitative estimate of drug-likeness (QED) is 0.814. The maximum atomic E-state index is 13.8. The highest BCUT2D eigenvalue weighted by Crippen LogP contribution is 2.38. The van der Waals surface area contributed by atoms with Crippen LogP contribution in [0.3, 0.4) is 0 Å². The van der Waals surface area contributed by atoms with Crippen LogP contribution < -0.4 is 5.73 Å². The number of hydrogen-bond donors (Lipinski definition) is 2. The van der Waals surface area contributed by atoms with Crippen LogP contribution in [0, 0.1) is 5.82 Å². The molecule has 116 valence electrons.